The van der Waals surface area contributed by atoms with Crippen LogP contribution in [0.1, 0.15) is 20.8 Å². The third-order valence-corrected chi connectivity index (χ3v) is 6.85. The number of hydrogen-bond donors (Lipinski definition) is 1. The predicted molar refractivity (Wildman–Crippen MR) is 98.7 cm³/mol. The number of allylic oxidation sites excluding steroid dienone is 2. The fourth-order valence-corrected chi connectivity index (χ4v) is 5.59. The molecule has 6 nitrogen and oxygen atoms in total. The fourth-order valence-electron chi connectivity index (χ4n) is 5.59. The average Bonchev–Trinajstić information content (AvgIpc) is 2.88. The third-order valence-electron chi connectivity index (χ3n) is 6.85. The van der Waals surface area contributed by atoms with Crippen molar-refractivity contribution in [3.05, 3.63) is 46.5 Å². The van der Waals surface area contributed by atoms with Crippen molar-refractivity contribution in [3.63, 3.8) is 0 Å². The highest BCUT2D eigenvalue weighted by molar-refractivity contribution is 6.13. The second-order valence-corrected chi connectivity index (χ2v) is 8.15. The fraction of sp³-hybridized carbons (Fsp3) is 0.524. The number of carbonyl (C=O) groups is 2. The lowest BCUT2D eigenvalue weighted by Gasteiger charge is -2.54. The van der Waals surface area contributed by atoms with Gasteiger partial charge in [0.1, 0.15) is 11.4 Å². The highest BCUT2D eigenvalue weighted by atomic mass is 16.5. The molecule has 27 heavy (non-hydrogen) atoms. The lowest BCUT2D eigenvalue weighted by molar-refractivity contribution is -0.129. The first-order chi connectivity index (χ1) is 12.6. The van der Waals surface area contributed by atoms with Crippen LogP contribution in [0.5, 0.6) is 0 Å². The summed E-state index contributed by atoms with van der Waals surface area (Å²) in [7, 11) is 4.88. The van der Waals surface area contributed by atoms with E-state index in [0.29, 0.717) is 5.76 Å². The molecule has 0 aromatic carbocycles. The number of aliphatic hydroxyl groups excluding tert-OH is 1. The van der Waals surface area contributed by atoms with Crippen molar-refractivity contribution in [3.8, 4) is 0 Å². The summed E-state index contributed by atoms with van der Waals surface area (Å²) < 4.78 is 11.6. The summed E-state index contributed by atoms with van der Waals surface area (Å²) in [5.41, 5.74) is 0.729. The highest BCUT2D eigenvalue weighted by Crippen LogP contribution is 2.60. The number of ketones is 1. The molecule has 1 saturated carbocycles. The summed E-state index contributed by atoms with van der Waals surface area (Å²) >= 11 is 0. The minimum atomic E-state index is -0.760. The van der Waals surface area contributed by atoms with E-state index in [1.807, 2.05) is 32.1 Å². The molecule has 5 unspecified atom stereocenters. The Bertz CT molecular complexity index is 894. The van der Waals surface area contributed by atoms with Crippen LogP contribution in [0.25, 0.3) is 0 Å². The lowest BCUT2D eigenvalue weighted by Crippen LogP contribution is -2.57. The predicted octanol–water partition coefficient (Wildman–Crippen LogP) is 2.30. The van der Waals surface area contributed by atoms with E-state index in [4.69, 9.17) is 9.47 Å². The monoisotopic (exact) mass is 371 g/mol. The number of ether oxygens (including phenoxy) is 2. The molecule has 0 bridgehead atoms. The van der Waals surface area contributed by atoms with Crippen LogP contribution < -0.4 is 0 Å². The second kappa shape index (κ2) is 5.35. The van der Waals surface area contributed by atoms with Crippen LogP contribution >= 0.6 is 0 Å². The topological polar surface area (TPSA) is 76.1 Å². The molecular formula is C21H25NO5. The van der Waals surface area contributed by atoms with Gasteiger partial charge in [-0.2, -0.15) is 0 Å². The maximum atomic E-state index is 13.3. The van der Waals surface area contributed by atoms with Crippen LogP contribution in [-0.2, 0) is 19.1 Å². The first kappa shape index (κ1) is 18.0. The minimum absolute atomic E-state index is 0.00904. The van der Waals surface area contributed by atoms with E-state index >= 15 is 0 Å². The van der Waals surface area contributed by atoms with Crippen molar-refractivity contribution in [2.45, 2.75) is 32.4 Å². The summed E-state index contributed by atoms with van der Waals surface area (Å²) in [6.07, 6.45) is 5.79. The molecule has 1 aliphatic heterocycles. The Morgan fingerprint density at radius 2 is 1.85 bits per heavy atom. The Kier molecular flexibility index (Phi) is 3.57. The number of aliphatic hydroxyl groups is 1. The van der Waals surface area contributed by atoms with Crippen molar-refractivity contribution in [2.75, 3.05) is 21.3 Å². The van der Waals surface area contributed by atoms with Gasteiger partial charge in [0.25, 0.3) is 5.91 Å². The largest absolute Gasteiger partial charge is 0.503 e. The number of methoxy groups -OCH3 is 2. The molecule has 144 valence electrons. The second-order valence-electron chi connectivity index (χ2n) is 8.15. The Labute approximate surface area is 158 Å². The highest BCUT2D eigenvalue weighted by Gasteiger charge is 2.63. The molecule has 1 fully saturated rings. The Morgan fingerprint density at radius 3 is 2.44 bits per heavy atom. The van der Waals surface area contributed by atoms with Crippen molar-refractivity contribution in [2.24, 2.45) is 17.3 Å². The Hall–Kier alpha value is -2.34. The van der Waals surface area contributed by atoms with Crippen LogP contribution in [0.4, 0.5) is 0 Å². The van der Waals surface area contributed by atoms with Crippen LogP contribution in [-0.4, -0.2) is 54.6 Å². The minimum Gasteiger partial charge on any atom is -0.503 e. The zero-order valence-corrected chi connectivity index (χ0v) is 16.5. The Balaban J connectivity index is 2.08. The van der Waals surface area contributed by atoms with Gasteiger partial charge in [0.2, 0.25) is 0 Å². The maximum absolute atomic E-state index is 13.3. The summed E-state index contributed by atoms with van der Waals surface area (Å²) in [5, 5.41) is 10.4. The van der Waals surface area contributed by atoms with Gasteiger partial charge in [-0.3, -0.25) is 9.59 Å². The molecule has 0 radical (unpaired) electrons. The number of Topliss-reactive ketones (excluding diaryl/α,β-unsaturated/α-hetero) is 1. The van der Waals surface area contributed by atoms with Gasteiger partial charge in [0.15, 0.2) is 11.5 Å². The molecule has 0 saturated heterocycles. The molecule has 1 amide bonds. The van der Waals surface area contributed by atoms with Crippen LogP contribution in [0.3, 0.4) is 0 Å². The average molecular weight is 371 g/mol. The summed E-state index contributed by atoms with van der Waals surface area (Å²) in [6, 6.07) is -0.606. The van der Waals surface area contributed by atoms with E-state index < -0.39 is 34.6 Å². The van der Waals surface area contributed by atoms with E-state index in [9.17, 15) is 14.7 Å². The van der Waals surface area contributed by atoms with E-state index in [1.165, 1.54) is 4.90 Å². The van der Waals surface area contributed by atoms with Crippen molar-refractivity contribution in [1.82, 2.24) is 4.90 Å². The first-order valence-corrected chi connectivity index (χ1v) is 9.13. The van der Waals surface area contributed by atoms with Gasteiger partial charge in [-0.15, -0.1) is 0 Å². The molecule has 1 heterocycles. The van der Waals surface area contributed by atoms with Crippen LogP contribution in [0, 0.1) is 17.3 Å². The molecule has 0 spiro atoms. The Morgan fingerprint density at radius 1 is 1.19 bits per heavy atom. The van der Waals surface area contributed by atoms with Crippen molar-refractivity contribution >= 4 is 11.7 Å². The summed E-state index contributed by atoms with van der Waals surface area (Å²) in [4.78, 5) is 27.3. The van der Waals surface area contributed by atoms with Gasteiger partial charge < -0.3 is 19.5 Å². The first-order valence-electron chi connectivity index (χ1n) is 9.13. The molecular weight excluding hydrogens is 346 g/mol. The quantitative estimate of drug-likeness (QED) is 0.754. The SMILES string of the molecule is COC1=CC(C)C2=C3C(C=CC2(C)OC)C(=O)C2=C(O)C(=O)N(C)C2C13C. The number of hydrogen-bond acceptors (Lipinski definition) is 5. The summed E-state index contributed by atoms with van der Waals surface area (Å²) in [6.45, 7) is 6.04. The molecule has 5 atom stereocenters. The lowest BCUT2D eigenvalue weighted by atomic mass is 9.53. The van der Waals surface area contributed by atoms with Crippen LogP contribution in [0.15, 0.2) is 46.5 Å². The number of rotatable bonds is 2. The standard InChI is InChI=1S/C21H25NO5/c1-10-9-12(26-5)21(3)15-11(7-8-20(2,27-6)14(10)15)16(23)13-17(24)19(25)22(4)18(13)21/h7-11,18,24H,1-6H3. The molecule has 6 heteroatoms. The molecule has 4 aliphatic rings. The maximum Gasteiger partial charge on any atom is 0.289 e. The van der Waals surface area contributed by atoms with Crippen LogP contribution in [0.2, 0.25) is 0 Å². The molecule has 1 N–H and O–H groups in total. The zero-order valence-electron chi connectivity index (χ0n) is 16.5. The third kappa shape index (κ3) is 1.89. The molecule has 3 aliphatic carbocycles. The number of likely N-dealkylation sites (N-methyl/N-ethyl adjacent to an activating group) is 1. The number of nitrogens with zero attached hydrogens (tertiary/aromatic N) is 1. The van der Waals surface area contributed by atoms with E-state index in [1.54, 1.807) is 21.3 Å². The number of carbonyl (C=O) groups excluding carboxylic acids is 2. The summed E-state index contributed by atoms with van der Waals surface area (Å²) in [5.74, 6) is -1.03. The van der Waals surface area contributed by atoms with Gasteiger partial charge in [-0.05, 0) is 31.1 Å². The normalized spacial score (nSPS) is 40.3. The smallest absolute Gasteiger partial charge is 0.289 e. The van der Waals surface area contributed by atoms with Gasteiger partial charge in [-0.25, -0.2) is 0 Å². The van der Waals surface area contributed by atoms with Gasteiger partial charge in [0, 0.05) is 20.1 Å². The van der Waals surface area contributed by atoms with Gasteiger partial charge >= 0.3 is 0 Å². The zero-order chi connectivity index (χ0) is 19.9. The van der Waals surface area contributed by atoms with E-state index in [0.717, 1.165) is 11.1 Å². The number of fused-ring (bicyclic) bond motifs is 2. The van der Waals surface area contributed by atoms with Crippen molar-refractivity contribution < 1.29 is 24.2 Å². The van der Waals surface area contributed by atoms with Crippen molar-refractivity contribution in [1.29, 1.82) is 0 Å². The van der Waals surface area contributed by atoms with Gasteiger partial charge in [0.05, 0.1) is 30.1 Å². The molecule has 0 aromatic heterocycles. The number of amides is 1. The van der Waals surface area contributed by atoms with E-state index in [-0.39, 0.29) is 17.3 Å². The molecule has 0 aromatic rings. The van der Waals surface area contributed by atoms with Gasteiger partial charge in [-0.1, -0.05) is 19.1 Å². The molecule has 4 rings (SSSR count). The van der Waals surface area contributed by atoms with E-state index in [2.05, 4.69) is 6.92 Å².